The minimum absolute atomic E-state index is 0.103. The van der Waals surface area contributed by atoms with E-state index >= 15 is 0 Å². The lowest BCUT2D eigenvalue weighted by Crippen LogP contribution is -2.44. The molecule has 0 radical (unpaired) electrons. The van der Waals surface area contributed by atoms with Crippen molar-refractivity contribution in [3.8, 4) is 17.0 Å². The highest BCUT2D eigenvalue weighted by molar-refractivity contribution is 6.45. The number of piperidine rings is 1. The van der Waals surface area contributed by atoms with Crippen LogP contribution in [0.4, 0.5) is 18.9 Å². The highest BCUT2D eigenvalue weighted by atomic mass is 19.4. The van der Waals surface area contributed by atoms with Gasteiger partial charge in [-0.1, -0.05) is 19.3 Å². The van der Waals surface area contributed by atoms with Crippen LogP contribution >= 0.6 is 0 Å². The summed E-state index contributed by atoms with van der Waals surface area (Å²) in [6, 6.07) is 12.0. The summed E-state index contributed by atoms with van der Waals surface area (Å²) in [6.07, 6.45) is 3.76. The van der Waals surface area contributed by atoms with Crippen LogP contribution in [0.3, 0.4) is 0 Å². The number of benzene rings is 2. The Bertz CT molecular complexity index is 1540. The number of ether oxygens (including phenoxy) is 1. The molecule has 1 aromatic heterocycles. The van der Waals surface area contributed by atoms with Crippen LogP contribution in [0.25, 0.3) is 11.3 Å². The summed E-state index contributed by atoms with van der Waals surface area (Å²) in [5.41, 5.74) is 2.15. The van der Waals surface area contributed by atoms with Gasteiger partial charge in [-0.05, 0) is 87.3 Å². The topological polar surface area (TPSA) is 105 Å². The first kappa shape index (κ1) is 29.9. The molecule has 0 unspecified atom stereocenters. The fourth-order valence-corrected chi connectivity index (χ4v) is 6.69. The van der Waals surface area contributed by atoms with Crippen molar-refractivity contribution in [2.75, 3.05) is 24.5 Å². The van der Waals surface area contributed by atoms with Crippen LogP contribution in [-0.4, -0.2) is 63.4 Å². The Morgan fingerprint density at radius 1 is 0.977 bits per heavy atom. The van der Waals surface area contributed by atoms with Crippen molar-refractivity contribution in [2.45, 2.75) is 63.9 Å². The molecule has 3 aliphatic rings. The number of carbonyl (C=O) groups excluding carboxylic acids is 2. The number of alkyl halides is 3. The third-order valence-electron chi connectivity index (χ3n) is 9.13. The summed E-state index contributed by atoms with van der Waals surface area (Å²) >= 11 is 0. The molecule has 3 heterocycles. The molecule has 3 fully saturated rings. The minimum Gasteiger partial charge on any atom is -0.478 e. The normalized spacial score (nSPS) is 19.6. The van der Waals surface area contributed by atoms with E-state index in [9.17, 15) is 32.7 Å². The predicted molar refractivity (Wildman–Crippen MR) is 154 cm³/mol. The van der Waals surface area contributed by atoms with Gasteiger partial charge < -0.3 is 14.7 Å². The molecule has 2 aliphatic heterocycles. The number of aromatic carboxylic acids is 1. The van der Waals surface area contributed by atoms with Gasteiger partial charge in [0.1, 0.15) is 5.75 Å². The number of carboxylic acids is 1. The van der Waals surface area contributed by atoms with Gasteiger partial charge in [0.15, 0.2) is 0 Å². The standard InChI is InChI=1S/C32H33F3N4O5/c33-32(34,35)44-26-12-8-21(9-13-26)27-23(19-39(36-27)25-4-2-1-3-5-25)18-37-16-14-31(15-17-37)20-38(29(41)28(31)40)24-10-6-22(7-11-24)30(42)43/h6-13,19,25H,1-5,14-18,20H2,(H,42,43). The predicted octanol–water partition coefficient (Wildman–Crippen LogP) is 5.85. The second-order valence-corrected chi connectivity index (χ2v) is 12.0. The quantitative estimate of drug-likeness (QED) is 0.335. The molecule has 3 aromatic rings. The molecule has 1 N–H and O–H groups in total. The van der Waals surface area contributed by atoms with Crippen molar-refractivity contribution in [1.29, 1.82) is 0 Å². The van der Waals surface area contributed by atoms with Crippen LogP contribution in [-0.2, 0) is 16.1 Å². The van der Waals surface area contributed by atoms with Crippen LogP contribution < -0.4 is 9.64 Å². The Kier molecular flexibility index (Phi) is 7.95. The molecular formula is C32H33F3N4O5. The highest BCUT2D eigenvalue weighted by Gasteiger charge is 2.53. The van der Waals surface area contributed by atoms with E-state index in [4.69, 9.17) is 5.10 Å². The Morgan fingerprint density at radius 3 is 2.25 bits per heavy atom. The van der Waals surface area contributed by atoms with Crippen LogP contribution in [0.1, 0.15) is 66.9 Å². The van der Waals surface area contributed by atoms with Gasteiger partial charge in [0.05, 0.1) is 22.7 Å². The molecule has 12 heteroatoms. The van der Waals surface area contributed by atoms with Crippen molar-refractivity contribution in [2.24, 2.45) is 5.41 Å². The number of aromatic nitrogens is 2. The average molecular weight is 611 g/mol. The maximum absolute atomic E-state index is 13.2. The maximum atomic E-state index is 13.2. The number of carboxylic acid groups (broad SMARTS) is 1. The van der Waals surface area contributed by atoms with Gasteiger partial charge in [0.2, 0.25) is 5.78 Å². The summed E-state index contributed by atoms with van der Waals surface area (Å²) in [7, 11) is 0. The zero-order valence-corrected chi connectivity index (χ0v) is 24.1. The smallest absolute Gasteiger partial charge is 0.478 e. The third kappa shape index (κ3) is 6.08. The van der Waals surface area contributed by atoms with Gasteiger partial charge in [-0.15, -0.1) is 13.2 Å². The number of nitrogens with zero attached hydrogens (tertiary/aromatic N) is 4. The highest BCUT2D eigenvalue weighted by Crippen LogP contribution is 2.41. The van der Waals surface area contributed by atoms with E-state index < -0.39 is 29.4 Å². The number of anilines is 1. The van der Waals surface area contributed by atoms with Gasteiger partial charge >= 0.3 is 12.3 Å². The number of rotatable bonds is 7. The minimum atomic E-state index is -4.77. The first-order valence-corrected chi connectivity index (χ1v) is 14.9. The molecule has 1 spiro atoms. The van der Waals surface area contributed by atoms with E-state index in [1.165, 1.54) is 35.6 Å². The van der Waals surface area contributed by atoms with Crippen LogP contribution in [0.15, 0.2) is 54.7 Å². The van der Waals surface area contributed by atoms with Crippen LogP contribution in [0.5, 0.6) is 5.75 Å². The summed E-state index contributed by atoms with van der Waals surface area (Å²) in [6.45, 7) is 1.96. The summed E-state index contributed by atoms with van der Waals surface area (Å²) in [5, 5.41) is 14.1. The molecule has 232 valence electrons. The third-order valence-corrected chi connectivity index (χ3v) is 9.13. The largest absolute Gasteiger partial charge is 0.573 e. The zero-order chi connectivity index (χ0) is 31.1. The van der Waals surface area contributed by atoms with Crippen molar-refractivity contribution >= 4 is 23.3 Å². The average Bonchev–Trinajstić information content (AvgIpc) is 3.53. The maximum Gasteiger partial charge on any atom is 0.573 e. The summed E-state index contributed by atoms with van der Waals surface area (Å²) in [4.78, 5) is 41.1. The molecule has 0 atom stereocenters. The second kappa shape index (κ2) is 11.7. The van der Waals surface area contributed by atoms with E-state index in [2.05, 4.69) is 9.64 Å². The molecule has 1 saturated carbocycles. The number of likely N-dealkylation sites (tertiary alicyclic amines) is 1. The van der Waals surface area contributed by atoms with E-state index in [1.54, 1.807) is 24.3 Å². The van der Waals surface area contributed by atoms with Gasteiger partial charge in [0, 0.05) is 36.1 Å². The molecule has 1 aliphatic carbocycles. The summed E-state index contributed by atoms with van der Waals surface area (Å²) in [5.74, 6) is -2.34. The molecule has 2 aromatic carbocycles. The lowest BCUT2D eigenvalue weighted by atomic mass is 9.76. The van der Waals surface area contributed by atoms with E-state index in [0.717, 1.165) is 31.2 Å². The van der Waals surface area contributed by atoms with Crippen molar-refractivity contribution < 1.29 is 37.4 Å². The lowest BCUT2D eigenvalue weighted by molar-refractivity contribution is -0.274. The van der Waals surface area contributed by atoms with E-state index in [-0.39, 0.29) is 23.9 Å². The van der Waals surface area contributed by atoms with Crippen molar-refractivity contribution in [1.82, 2.24) is 14.7 Å². The van der Waals surface area contributed by atoms with E-state index in [1.807, 2.05) is 10.9 Å². The van der Waals surface area contributed by atoms with Crippen LogP contribution in [0.2, 0.25) is 0 Å². The number of hydrogen-bond donors (Lipinski definition) is 1. The fraction of sp³-hybridized carbons (Fsp3) is 0.438. The molecule has 6 rings (SSSR count). The monoisotopic (exact) mass is 610 g/mol. The number of Topliss-reactive ketones (excluding diaryl/α,β-unsaturated/α-hetero) is 1. The van der Waals surface area contributed by atoms with Crippen molar-refractivity contribution in [3.05, 3.63) is 65.9 Å². The molecular weight excluding hydrogens is 577 g/mol. The molecule has 44 heavy (non-hydrogen) atoms. The molecule has 0 bridgehead atoms. The molecule has 2 saturated heterocycles. The fourth-order valence-electron chi connectivity index (χ4n) is 6.69. The lowest BCUT2D eigenvalue weighted by Gasteiger charge is -2.37. The number of ketones is 1. The number of amides is 1. The zero-order valence-electron chi connectivity index (χ0n) is 24.1. The Morgan fingerprint density at radius 2 is 1.64 bits per heavy atom. The molecule has 1 amide bonds. The van der Waals surface area contributed by atoms with Crippen molar-refractivity contribution in [3.63, 3.8) is 0 Å². The van der Waals surface area contributed by atoms with E-state index in [0.29, 0.717) is 49.4 Å². The van der Waals surface area contributed by atoms with Gasteiger partial charge in [0.25, 0.3) is 5.91 Å². The Balaban J connectivity index is 1.18. The van der Waals surface area contributed by atoms with Crippen LogP contribution in [0, 0.1) is 5.41 Å². The summed E-state index contributed by atoms with van der Waals surface area (Å²) < 4.78 is 44.1. The number of hydrogen-bond acceptors (Lipinski definition) is 6. The first-order valence-electron chi connectivity index (χ1n) is 14.9. The Labute approximate surface area is 252 Å². The van der Waals surface area contributed by atoms with Gasteiger partial charge in [-0.2, -0.15) is 5.10 Å². The molecule has 9 nitrogen and oxygen atoms in total. The second-order valence-electron chi connectivity index (χ2n) is 12.0. The van der Waals surface area contributed by atoms with Gasteiger partial charge in [-0.3, -0.25) is 19.2 Å². The first-order chi connectivity index (χ1) is 21.0. The Hall–Kier alpha value is -4.19. The number of carbonyl (C=O) groups is 3. The van der Waals surface area contributed by atoms with Gasteiger partial charge in [-0.25, -0.2) is 4.79 Å². The number of halogens is 3. The SMILES string of the molecule is O=C(O)c1ccc(N2CC3(CCN(Cc4cn(C5CCCCC5)nc4-c4ccc(OC(F)(F)F)cc4)CC3)C(=O)C2=O)cc1.